The van der Waals surface area contributed by atoms with Gasteiger partial charge in [0.25, 0.3) is 0 Å². The van der Waals surface area contributed by atoms with Gasteiger partial charge in [-0.25, -0.2) is 0 Å². The second-order valence-electron chi connectivity index (χ2n) is 7.31. The number of allylic oxidation sites excluding steroid dienone is 2. The van der Waals surface area contributed by atoms with Crippen molar-refractivity contribution in [2.45, 2.75) is 73.6 Å². The highest BCUT2D eigenvalue weighted by Gasteiger charge is 2.33. The van der Waals surface area contributed by atoms with Crippen LogP contribution in [0.15, 0.2) is 12.2 Å². The Hall–Kier alpha value is -0.260. The van der Waals surface area contributed by atoms with Crippen LogP contribution in [0.25, 0.3) is 0 Å². The summed E-state index contributed by atoms with van der Waals surface area (Å²) >= 11 is 0. The number of rotatable bonds is 5. The lowest BCUT2D eigenvalue weighted by molar-refractivity contribution is 0.205. The molecule has 0 heteroatoms. The predicted molar refractivity (Wildman–Crippen MR) is 78.1 cm³/mol. The Morgan fingerprint density at radius 3 is 2.18 bits per heavy atom. The van der Waals surface area contributed by atoms with Gasteiger partial charge in [-0.3, -0.25) is 0 Å². The van der Waals surface area contributed by atoms with Gasteiger partial charge in [0.1, 0.15) is 0 Å². The average molecular weight is 236 g/mol. The third-order valence-electron chi connectivity index (χ3n) is 5.22. The molecular formula is C17H32. The van der Waals surface area contributed by atoms with Gasteiger partial charge in [-0.2, -0.15) is 0 Å². The Labute approximate surface area is 109 Å². The summed E-state index contributed by atoms with van der Waals surface area (Å²) in [6.45, 7) is 14.2. The first kappa shape index (κ1) is 14.8. The Balaban J connectivity index is 2.52. The molecule has 0 amide bonds. The van der Waals surface area contributed by atoms with Gasteiger partial charge in [0, 0.05) is 0 Å². The van der Waals surface area contributed by atoms with E-state index in [9.17, 15) is 0 Å². The van der Waals surface area contributed by atoms with Crippen molar-refractivity contribution in [1.82, 2.24) is 0 Å². The van der Waals surface area contributed by atoms with Crippen LogP contribution in [0.4, 0.5) is 0 Å². The van der Waals surface area contributed by atoms with Gasteiger partial charge < -0.3 is 0 Å². The molecule has 2 unspecified atom stereocenters. The van der Waals surface area contributed by atoms with Gasteiger partial charge in [0.05, 0.1) is 0 Å². The molecule has 2 atom stereocenters. The maximum Gasteiger partial charge on any atom is -0.0177 e. The van der Waals surface area contributed by atoms with E-state index in [1.165, 1.54) is 32.1 Å². The lowest BCUT2D eigenvalue weighted by atomic mass is 9.75. The van der Waals surface area contributed by atoms with Gasteiger partial charge in [-0.15, -0.1) is 0 Å². The lowest BCUT2D eigenvalue weighted by Crippen LogP contribution is -2.20. The molecule has 0 spiro atoms. The minimum atomic E-state index is 0.387. The Bertz CT molecular complexity index is 257. The third-order valence-corrected chi connectivity index (χ3v) is 5.22. The Morgan fingerprint density at radius 2 is 1.65 bits per heavy atom. The van der Waals surface area contributed by atoms with Crippen molar-refractivity contribution in [2.24, 2.45) is 22.7 Å². The summed E-state index contributed by atoms with van der Waals surface area (Å²) in [5.41, 5.74) is 0.932. The predicted octanol–water partition coefficient (Wildman–Crippen LogP) is 5.83. The maximum absolute atomic E-state index is 2.51. The molecule has 0 nitrogen and oxygen atoms in total. The highest BCUT2D eigenvalue weighted by atomic mass is 14.4. The van der Waals surface area contributed by atoms with E-state index in [0.29, 0.717) is 10.8 Å². The fraction of sp³-hybridized carbons (Fsp3) is 0.882. The highest BCUT2D eigenvalue weighted by molar-refractivity contribution is 5.01. The Kier molecular flexibility index (Phi) is 4.86. The van der Waals surface area contributed by atoms with E-state index in [4.69, 9.17) is 0 Å². The lowest BCUT2D eigenvalue weighted by Gasteiger charge is -2.30. The summed E-state index contributed by atoms with van der Waals surface area (Å²) in [6.07, 6.45) is 11.8. The molecule has 0 aromatic carbocycles. The van der Waals surface area contributed by atoms with Gasteiger partial charge in [-0.05, 0) is 48.3 Å². The number of hydrogen-bond donors (Lipinski definition) is 0. The maximum atomic E-state index is 2.51. The molecule has 1 saturated carbocycles. The first-order valence-electron chi connectivity index (χ1n) is 7.50. The molecule has 0 heterocycles. The molecule has 1 aliphatic carbocycles. The van der Waals surface area contributed by atoms with E-state index in [0.717, 1.165) is 11.8 Å². The van der Waals surface area contributed by atoms with E-state index >= 15 is 0 Å². The van der Waals surface area contributed by atoms with Crippen molar-refractivity contribution >= 4 is 0 Å². The van der Waals surface area contributed by atoms with Crippen LogP contribution in [0.3, 0.4) is 0 Å². The highest BCUT2D eigenvalue weighted by Crippen LogP contribution is 2.44. The van der Waals surface area contributed by atoms with E-state index in [-0.39, 0.29) is 0 Å². The SMILES string of the molecule is CCC(C)(C)/C=C/C1CCC(C(C)(C)CC)C1. The fourth-order valence-electron chi connectivity index (χ4n) is 2.70. The third kappa shape index (κ3) is 4.16. The molecule has 0 aromatic rings. The van der Waals surface area contributed by atoms with Crippen LogP contribution in [0.2, 0.25) is 0 Å². The second kappa shape index (κ2) is 5.59. The van der Waals surface area contributed by atoms with E-state index in [2.05, 4.69) is 53.7 Å². The molecule has 1 aliphatic rings. The Morgan fingerprint density at radius 1 is 1.00 bits per heavy atom. The topological polar surface area (TPSA) is 0 Å². The largest absolute Gasteiger partial charge is 0.0849 e. The molecule has 0 aromatic heterocycles. The van der Waals surface area contributed by atoms with Crippen molar-refractivity contribution in [3.05, 3.63) is 12.2 Å². The van der Waals surface area contributed by atoms with Crippen LogP contribution in [-0.4, -0.2) is 0 Å². The zero-order chi connectivity index (χ0) is 13.1. The molecular weight excluding hydrogens is 204 g/mol. The van der Waals surface area contributed by atoms with E-state index < -0.39 is 0 Å². The molecule has 0 saturated heterocycles. The normalized spacial score (nSPS) is 26.9. The zero-order valence-electron chi connectivity index (χ0n) is 12.8. The standard InChI is InChI=1S/C17H32/c1-7-16(3,4)12-11-14-9-10-15(13-14)17(5,6)8-2/h11-12,14-15H,7-10,13H2,1-6H3/b12-11+. The van der Waals surface area contributed by atoms with Crippen LogP contribution >= 0.6 is 0 Å². The minimum absolute atomic E-state index is 0.387. The van der Waals surface area contributed by atoms with Crippen molar-refractivity contribution in [2.75, 3.05) is 0 Å². The van der Waals surface area contributed by atoms with Crippen LogP contribution in [0.1, 0.15) is 73.6 Å². The monoisotopic (exact) mass is 236 g/mol. The van der Waals surface area contributed by atoms with Gasteiger partial charge in [-0.1, -0.05) is 60.1 Å². The summed E-state index contributed by atoms with van der Waals surface area (Å²) in [7, 11) is 0. The van der Waals surface area contributed by atoms with Crippen LogP contribution < -0.4 is 0 Å². The summed E-state index contributed by atoms with van der Waals surface area (Å²) in [6, 6.07) is 0. The second-order valence-corrected chi connectivity index (χ2v) is 7.31. The van der Waals surface area contributed by atoms with Crippen molar-refractivity contribution in [1.29, 1.82) is 0 Å². The zero-order valence-corrected chi connectivity index (χ0v) is 12.8. The van der Waals surface area contributed by atoms with Gasteiger partial charge >= 0.3 is 0 Å². The van der Waals surface area contributed by atoms with Crippen molar-refractivity contribution < 1.29 is 0 Å². The van der Waals surface area contributed by atoms with Crippen LogP contribution in [0.5, 0.6) is 0 Å². The van der Waals surface area contributed by atoms with Crippen molar-refractivity contribution in [3.63, 3.8) is 0 Å². The molecule has 1 rings (SSSR count). The molecule has 1 fully saturated rings. The summed E-state index contributed by atoms with van der Waals surface area (Å²) in [4.78, 5) is 0. The molecule has 0 N–H and O–H groups in total. The fourth-order valence-corrected chi connectivity index (χ4v) is 2.70. The average Bonchev–Trinajstić information content (AvgIpc) is 2.76. The number of hydrogen-bond acceptors (Lipinski definition) is 0. The molecule has 17 heavy (non-hydrogen) atoms. The first-order valence-corrected chi connectivity index (χ1v) is 7.50. The smallest absolute Gasteiger partial charge is 0.0177 e. The van der Waals surface area contributed by atoms with E-state index in [1.54, 1.807) is 0 Å². The summed E-state index contributed by atoms with van der Waals surface area (Å²) < 4.78 is 0. The molecule has 100 valence electrons. The van der Waals surface area contributed by atoms with E-state index in [1.807, 2.05) is 0 Å². The first-order chi connectivity index (χ1) is 7.80. The molecule has 0 radical (unpaired) electrons. The van der Waals surface area contributed by atoms with Crippen LogP contribution in [-0.2, 0) is 0 Å². The van der Waals surface area contributed by atoms with Gasteiger partial charge in [0.2, 0.25) is 0 Å². The summed E-state index contributed by atoms with van der Waals surface area (Å²) in [5, 5.41) is 0. The molecule has 0 aliphatic heterocycles. The molecule has 0 bridgehead atoms. The summed E-state index contributed by atoms with van der Waals surface area (Å²) in [5.74, 6) is 1.78. The van der Waals surface area contributed by atoms with Crippen LogP contribution in [0, 0.1) is 22.7 Å². The van der Waals surface area contributed by atoms with Gasteiger partial charge in [0.15, 0.2) is 0 Å². The van der Waals surface area contributed by atoms with Crippen molar-refractivity contribution in [3.8, 4) is 0 Å². The quantitative estimate of drug-likeness (QED) is 0.527. The minimum Gasteiger partial charge on any atom is -0.0849 e.